The average molecular weight is 300 g/mol. The first-order chi connectivity index (χ1) is 10.0. The summed E-state index contributed by atoms with van der Waals surface area (Å²) in [6.45, 7) is 3.19. The lowest BCUT2D eigenvalue weighted by Crippen LogP contribution is -2.10. The monoisotopic (exact) mass is 300 g/mol. The Bertz CT molecular complexity index is 668. The number of carbonyl (C=O) groups is 2. The van der Waals surface area contributed by atoms with E-state index in [2.05, 4.69) is 0 Å². The van der Waals surface area contributed by atoms with Gasteiger partial charge in [0.25, 0.3) is 0 Å². The van der Waals surface area contributed by atoms with Crippen molar-refractivity contribution in [2.75, 3.05) is 0 Å². The van der Waals surface area contributed by atoms with Crippen LogP contribution in [0.15, 0.2) is 42.0 Å². The van der Waals surface area contributed by atoms with Crippen molar-refractivity contribution in [3.8, 4) is 5.75 Å². The summed E-state index contributed by atoms with van der Waals surface area (Å²) in [5.41, 5.74) is 2.19. The van der Waals surface area contributed by atoms with Crippen molar-refractivity contribution in [3.63, 3.8) is 0 Å². The topological polar surface area (TPSA) is 43.4 Å². The number of rotatable bonds is 4. The molecule has 0 aliphatic heterocycles. The van der Waals surface area contributed by atoms with Crippen LogP contribution in [0.3, 0.4) is 0 Å². The molecule has 0 unspecified atom stereocenters. The summed E-state index contributed by atoms with van der Waals surface area (Å²) in [6, 6.07) is 7.21. The zero-order chi connectivity index (χ0) is 15.4. The average Bonchev–Trinajstić information content (AvgIpc) is 2.47. The van der Waals surface area contributed by atoms with Gasteiger partial charge in [0.2, 0.25) is 0 Å². The lowest BCUT2D eigenvalue weighted by Gasteiger charge is -2.17. The van der Waals surface area contributed by atoms with Crippen molar-refractivity contribution in [2.24, 2.45) is 0 Å². The highest BCUT2D eigenvalue weighted by atomic mass is 32.1. The molecule has 0 saturated heterocycles. The highest BCUT2D eigenvalue weighted by Gasteiger charge is 2.19. The van der Waals surface area contributed by atoms with E-state index in [0.717, 1.165) is 16.0 Å². The summed E-state index contributed by atoms with van der Waals surface area (Å²) >= 11 is 5.39. The van der Waals surface area contributed by atoms with Gasteiger partial charge in [0.15, 0.2) is 5.78 Å². The largest absolute Gasteiger partial charge is 0.426 e. The zero-order valence-electron chi connectivity index (χ0n) is 12.0. The molecule has 1 aliphatic carbocycles. The summed E-state index contributed by atoms with van der Waals surface area (Å²) in [6.07, 6.45) is 4.65. The van der Waals surface area contributed by atoms with E-state index in [4.69, 9.17) is 17.0 Å². The van der Waals surface area contributed by atoms with Crippen LogP contribution in [-0.2, 0) is 9.59 Å². The smallest absolute Gasteiger partial charge is 0.308 e. The van der Waals surface area contributed by atoms with Crippen molar-refractivity contribution in [3.05, 3.63) is 47.6 Å². The van der Waals surface area contributed by atoms with Crippen molar-refractivity contribution >= 4 is 34.4 Å². The third kappa shape index (κ3) is 3.52. The van der Waals surface area contributed by atoms with Crippen LogP contribution in [0.25, 0.3) is 5.57 Å². The van der Waals surface area contributed by atoms with Crippen molar-refractivity contribution in [1.29, 1.82) is 0 Å². The highest BCUT2D eigenvalue weighted by Crippen LogP contribution is 2.32. The third-order valence-electron chi connectivity index (χ3n) is 3.18. The van der Waals surface area contributed by atoms with Gasteiger partial charge in [-0.3, -0.25) is 9.59 Å². The minimum atomic E-state index is -0.384. The summed E-state index contributed by atoms with van der Waals surface area (Å²) in [5, 5.41) is 0. The van der Waals surface area contributed by atoms with Crippen LogP contribution >= 0.6 is 12.2 Å². The van der Waals surface area contributed by atoms with E-state index < -0.39 is 0 Å². The van der Waals surface area contributed by atoms with Gasteiger partial charge in [-0.05, 0) is 12.1 Å². The number of benzene rings is 1. The van der Waals surface area contributed by atoms with Gasteiger partial charge in [0.1, 0.15) is 5.75 Å². The molecule has 4 heteroatoms. The molecule has 21 heavy (non-hydrogen) atoms. The van der Waals surface area contributed by atoms with Crippen molar-refractivity contribution < 1.29 is 14.3 Å². The molecule has 0 N–H and O–H groups in total. The Morgan fingerprint density at radius 3 is 2.67 bits per heavy atom. The van der Waals surface area contributed by atoms with Crippen LogP contribution in [0.1, 0.15) is 32.3 Å². The van der Waals surface area contributed by atoms with Gasteiger partial charge in [-0.1, -0.05) is 43.4 Å². The number of thiocarbonyl (C=S) groups is 1. The van der Waals surface area contributed by atoms with Gasteiger partial charge in [-0.15, -0.1) is 0 Å². The number of hydrogen-bond acceptors (Lipinski definition) is 4. The first-order valence-corrected chi connectivity index (χ1v) is 7.19. The number of ketones is 1. The first kappa shape index (κ1) is 15.3. The lowest BCUT2D eigenvalue weighted by molar-refractivity contribution is -0.131. The van der Waals surface area contributed by atoms with Crippen molar-refractivity contribution in [2.45, 2.75) is 26.7 Å². The van der Waals surface area contributed by atoms with E-state index >= 15 is 0 Å². The minimum absolute atomic E-state index is 0.0833. The number of para-hydroxylation sites is 1. The van der Waals surface area contributed by atoms with Gasteiger partial charge in [0.05, 0.1) is 0 Å². The molecule has 0 aromatic heterocycles. The maximum Gasteiger partial charge on any atom is 0.308 e. The van der Waals surface area contributed by atoms with E-state index in [9.17, 15) is 9.59 Å². The lowest BCUT2D eigenvalue weighted by atomic mass is 9.91. The number of ether oxygens (including phenoxy) is 1. The Balaban J connectivity index is 2.47. The Morgan fingerprint density at radius 1 is 1.29 bits per heavy atom. The van der Waals surface area contributed by atoms with Gasteiger partial charge < -0.3 is 4.74 Å². The number of allylic oxidation sites excluding steroid dienone is 4. The molecular formula is C17H16O3S. The summed E-state index contributed by atoms with van der Waals surface area (Å²) in [7, 11) is 0. The quantitative estimate of drug-likeness (QED) is 0.483. The first-order valence-electron chi connectivity index (χ1n) is 6.79. The van der Waals surface area contributed by atoms with Crippen LogP contribution < -0.4 is 4.74 Å². The van der Waals surface area contributed by atoms with Crippen LogP contribution in [-0.4, -0.2) is 16.6 Å². The summed E-state index contributed by atoms with van der Waals surface area (Å²) in [5.74, 6) is 0.161. The highest BCUT2D eigenvalue weighted by molar-refractivity contribution is 7.81. The van der Waals surface area contributed by atoms with Crippen molar-refractivity contribution in [1.82, 2.24) is 0 Å². The molecule has 0 radical (unpaired) electrons. The molecule has 0 amide bonds. The molecule has 1 aliphatic rings. The van der Waals surface area contributed by atoms with Gasteiger partial charge in [-0.25, -0.2) is 0 Å². The van der Waals surface area contributed by atoms with Gasteiger partial charge in [-0.2, -0.15) is 0 Å². The Morgan fingerprint density at radius 2 is 2.00 bits per heavy atom. The molecule has 3 nitrogen and oxygen atoms in total. The number of carbonyl (C=O) groups excluding carboxylic acids is 2. The molecule has 1 aromatic rings. The second-order valence-corrected chi connectivity index (χ2v) is 5.20. The van der Waals surface area contributed by atoms with E-state index in [1.54, 1.807) is 18.2 Å². The Hall–Kier alpha value is -2.07. The van der Waals surface area contributed by atoms with Crippen LogP contribution in [0.4, 0.5) is 0 Å². The van der Waals surface area contributed by atoms with Crippen LogP contribution in [0.2, 0.25) is 0 Å². The zero-order valence-corrected chi connectivity index (χ0v) is 12.8. The predicted molar refractivity (Wildman–Crippen MR) is 86.3 cm³/mol. The molecule has 0 saturated carbocycles. The normalized spacial score (nSPS) is 14.3. The standard InChI is InChI=1S/C17H16O3S/c1-3-15(19)12-8-9-17(21)14(10-12)13-6-4-5-7-16(13)20-11(2)18/h4-8,10H,3,9H2,1-2H3. The molecular weight excluding hydrogens is 284 g/mol. The fourth-order valence-electron chi connectivity index (χ4n) is 2.17. The van der Waals surface area contributed by atoms with Crippen LogP contribution in [0, 0.1) is 0 Å². The molecule has 108 valence electrons. The fourth-order valence-corrected chi connectivity index (χ4v) is 2.42. The number of hydrogen-bond donors (Lipinski definition) is 0. The van der Waals surface area contributed by atoms with Gasteiger partial charge in [0, 0.05) is 41.3 Å². The number of Topliss-reactive ketones (excluding diaryl/α,β-unsaturated/α-hetero) is 1. The molecule has 0 bridgehead atoms. The molecule has 0 spiro atoms. The third-order valence-corrected chi connectivity index (χ3v) is 3.57. The second-order valence-electron chi connectivity index (χ2n) is 4.71. The molecule has 0 heterocycles. The molecule has 0 fully saturated rings. The van der Waals surface area contributed by atoms with Gasteiger partial charge >= 0.3 is 5.97 Å². The van der Waals surface area contributed by atoms with E-state index in [-0.39, 0.29) is 11.8 Å². The van der Waals surface area contributed by atoms with E-state index in [0.29, 0.717) is 24.2 Å². The van der Waals surface area contributed by atoms with E-state index in [1.807, 2.05) is 25.1 Å². The summed E-state index contributed by atoms with van der Waals surface area (Å²) < 4.78 is 5.23. The molecule has 1 aromatic carbocycles. The van der Waals surface area contributed by atoms with E-state index in [1.165, 1.54) is 6.92 Å². The minimum Gasteiger partial charge on any atom is -0.426 e. The number of esters is 1. The SMILES string of the molecule is CCC(=O)C1=CCC(=S)C(c2ccccc2OC(C)=O)=C1. The maximum atomic E-state index is 11.9. The summed E-state index contributed by atoms with van der Waals surface area (Å²) in [4.78, 5) is 23.8. The van der Waals surface area contributed by atoms with Crippen LogP contribution in [0.5, 0.6) is 5.75 Å². The Kier molecular flexibility index (Phi) is 4.81. The fraction of sp³-hybridized carbons (Fsp3) is 0.235. The molecule has 0 atom stereocenters. The maximum absolute atomic E-state index is 11.9. The molecule has 2 rings (SSSR count). The predicted octanol–water partition coefficient (Wildman–Crippen LogP) is 3.67. The second kappa shape index (κ2) is 6.59. The Labute approximate surface area is 129 Å².